The van der Waals surface area contributed by atoms with Crippen LogP contribution in [0.1, 0.15) is 5.56 Å². The number of aryl methyl sites for hydroxylation is 1. The van der Waals surface area contributed by atoms with E-state index in [2.05, 4.69) is 0 Å². The molecule has 78 valence electrons. The largest absolute Gasteiger partial charge is 0.489 e. The number of thiocarbonyl (C=S) groups is 1. The molecular weight excluding hydrogens is 208 g/mol. The molecule has 0 saturated carbocycles. The summed E-state index contributed by atoms with van der Waals surface area (Å²) in [6, 6.07) is 7.92. The van der Waals surface area contributed by atoms with Gasteiger partial charge in [-0.1, -0.05) is 18.2 Å². The summed E-state index contributed by atoms with van der Waals surface area (Å²) in [6.45, 7) is 2.52. The molecule has 0 radical (unpaired) electrons. The van der Waals surface area contributed by atoms with Crippen molar-refractivity contribution in [2.75, 3.05) is 6.61 Å². The summed E-state index contributed by atoms with van der Waals surface area (Å²) < 4.78 is 11.0. The predicted octanol–water partition coefficient (Wildman–Crippen LogP) is 2.66. The first-order valence-corrected chi connectivity index (χ1v) is 5.24. The lowest BCUT2D eigenvalue weighted by Gasteiger charge is -2.12. The fraction of sp³-hybridized carbons (Fsp3) is 0.250. The lowest BCUT2D eigenvalue weighted by Crippen LogP contribution is -2.17. The number of hydrogen-bond donors (Lipinski definition) is 0. The van der Waals surface area contributed by atoms with Crippen molar-refractivity contribution in [1.29, 1.82) is 0 Å². The number of para-hydroxylation sites is 1. The van der Waals surface area contributed by atoms with E-state index in [1.807, 2.05) is 37.3 Å². The predicted molar refractivity (Wildman–Crippen MR) is 63.3 cm³/mol. The zero-order valence-corrected chi connectivity index (χ0v) is 9.29. The van der Waals surface area contributed by atoms with Crippen molar-refractivity contribution in [3.8, 4) is 5.75 Å². The molecule has 1 aromatic carbocycles. The Morgan fingerprint density at radius 1 is 1.40 bits per heavy atom. The van der Waals surface area contributed by atoms with E-state index < -0.39 is 0 Å². The van der Waals surface area contributed by atoms with Crippen LogP contribution in [0.2, 0.25) is 0 Å². The maximum atomic E-state index is 5.63. The Morgan fingerprint density at radius 3 is 2.87 bits per heavy atom. The lowest BCUT2D eigenvalue weighted by atomic mass is 10.2. The van der Waals surface area contributed by atoms with Crippen molar-refractivity contribution < 1.29 is 9.47 Å². The van der Waals surface area contributed by atoms with Gasteiger partial charge in [0, 0.05) is 0 Å². The molecular formula is C12H12O2S. The molecule has 2 nitrogen and oxygen atoms in total. The van der Waals surface area contributed by atoms with E-state index >= 15 is 0 Å². The minimum absolute atomic E-state index is 0.0443. The van der Waals surface area contributed by atoms with Gasteiger partial charge in [-0.05, 0) is 42.9 Å². The van der Waals surface area contributed by atoms with Crippen LogP contribution in [-0.4, -0.2) is 17.8 Å². The summed E-state index contributed by atoms with van der Waals surface area (Å²) in [6.07, 6.45) is 3.67. The van der Waals surface area contributed by atoms with Gasteiger partial charge in [-0.25, -0.2) is 0 Å². The summed E-state index contributed by atoms with van der Waals surface area (Å²) in [4.78, 5) is 0. The number of hydrogen-bond acceptors (Lipinski definition) is 3. The van der Waals surface area contributed by atoms with Crippen molar-refractivity contribution in [2.24, 2.45) is 0 Å². The molecule has 1 aromatic rings. The topological polar surface area (TPSA) is 18.5 Å². The van der Waals surface area contributed by atoms with E-state index in [1.165, 1.54) is 0 Å². The second-order valence-electron chi connectivity index (χ2n) is 3.41. The van der Waals surface area contributed by atoms with Crippen LogP contribution in [0.4, 0.5) is 0 Å². The van der Waals surface area contributed by atoms with Gasteiger partial charge in [-0.3, -0.25) is 0 Å². The van der Waals surface area contributed by atoms with Crippen LogP contribution in [0.25, 0.3) is 0 Å². The SMILES string of the molecule is Cc1ccccc1OCC1C=CC(=S)O1. The molecule has 1 atom stereocenters. The fourth-order valence-corrected chi connectivity index (χ4v) is 1.60. The van der Waals surface area contributed by atoms with Crippen LogP contribution < -0.4 is 4.74 Å². The molecule has 1 aliphatic heterocycles. The maximum absolute atomic E-state index is 5.63. The van der Waals surface area contributed by atoms with Crippen LogP contribution >= 0.6 is 12.2 Å². The van der Waals surface area contributed by atoms with E-state index in [1.54, 1.807) is 6.08 Å². The molecule has 0 spiro atoms. The first kappa shape index (κ1) is 10.2. The fourth-order valence-electron chi connectivity index (χ4n) is 1.39. The average Bonchev–Trinajstić information content (AvgIpc) is 2.63. The molecule has 3 heteroatoms. The van der Waals surface area contributed by atoms with Crippen LogP contribution in [-0.2, 0) is 4.74 Å². The van der Waals surface area contributed by atoms with Crippen molar-refractivity contribution in [1.82, 2.24) is 0 Å². The van der Waals surface area contributed by atoms with Gasteiger partial charge in [0.1, 0.15) is 12.4 Å². The van der Waals surface area contributed by atoms with Gasteiger partial charge in [0.2, 0.25) is 0 Å². The Kier molecular flexibility index (Phi) is 3.02. The van der Waals surface area contributed by atoms with Crippen molar-refractivity contribution in [3.63, 3.8) is 0 Å². The molecule has 0 N–H and O–H groups in total. The van der Waals surface area contributed by atoms with E-state index in [0.717, 1.165) is 11.3 Å². The van der Waals surface area contributed by atoms with Gasteiger partial charge in [0.05, 0.1) is 0 Å². The lowest BCUT2D eigenvalue weighted by molar-refractivity contribution is 0.166. The highest BCUT2D eigenvalue weighted by Crippen LogP contribution is 2.17. The number of rotatable bonds is 3. The van der Waals surface area contributed by atoms with Gasteiger partial charge in [0.25, 0.3) is 0 Å². The third kappa shape index (κ3) is 2.57. The summed E-state index contributed by atoms with van der Waals surface area (Å²) in [5.74, 6) is 0.896. The van der Waals surface area contributed by atoms with E-state index in [0.29, 0.717) is 11.7 Å². The second kappa shape index (κ2) is 4.45. The number of benzene rings is 1. The summed E-state index contributed by atoms with van der Waals surface area (Å²) >= 11 is 4.89. The highest BCUT2D eigenvalue weighted by molar-refractivity contribution is 7.80. The first-order chi connectivity index (χ1) is 7.25. The third-order valence-electron chi connectivity index (χ3n) is 2.21. The smallest absolute Gasteiger partial charge is 0.184 e. The van der Waals surface area contributed by atoms with Crippen LogP contribution in [0.5, 0.6) is 5.75 Å². The van der Waals surface area contributed by atoms with Crippen LogP contribution in [0, 0.1) is 6.92 Å². The van der Waals surface area contributed by atoms with Gasteiger partial charge in [0.15, 0.2) is 11.2 Å². The maximum Gasteiger partial charge on any atom is 0.184 e. The molecule has 15 heavy (non-hydrogen) atoms. The molecule has 1 aliphatic rings. The summed E-state index contributed by atoms with van der Waals surface area (Å²) in [5, 5.41) is 0.536. The summed E-state index contributed by atoms with van der Waals surface area (Å²) in [7, 11) is 0. The minimum Gasteiger partial charge on any atom is -0.489 e. The highest BCUT2D eigenvalue weighted by Gasteiger charge is 2.14. The monoisotopic (exact) mass is 220 g/mol. The van der Waals surface area contributed by atoms with E-state index in [9.17, 15) is 0 Å². The van der Waals surface area contributed by atoms with Gasteiger partial charge in [-0.15, -0.1) is 0 Å². The standard InChI is InChI=1S/C12H12O2S/c1-9-4-2-3-5-11(9)13-8-10-6-7-12(15)14-10/h2-7,10H,8H2,1H3. The molecule has 0 saturated heterocycles. The van der Waals surface area contributed by atoms with Gasteiger partial charge >= 0.3 is 0 Å². The second-order valence-corrected chi connectivity index (χ2v) is 3.81. The van der Waals surface area contributed by atoms with E-state index in [4.69, 9.17) is 21.7 Å². The Labute approximate surface area is 94.5 Å². The minimum atomic E-state index is -0.0443. The number of ether oxygens (including phenoxy) is 2. The van der Waals surface area contributed by atoms with Crippen molar-refractivity contribution in [3.05, 3.63) is 42.0 Å². The van der Waals surface area contributed by atoms with Crippen molar-refractivity contribution >= 4 is 17.3 Å². The molecule has 0 aliphatic carbocycles. The van der Waals surface area contributed by atoms with Crippen LogP contribution in [0.15, 0.2) is 36.4 Å². The Bertz CT molecular complexity index is 398. The van der Waals surface area contributed by atoms with Crippen molar-refractivity contribution in [2.45, 2.75) is 13.0 Å². The molecule has 1 heterocycles. The van der Waals surface area contributed by atoms with E-state index in [-0.39, 0.29) is 6.10 Å². The average molecular weight is 220 g/mol. The highest BCUT2D eigenvalue weighted by atomic mass is 32.1. The first-order valence-electron chi connectivity index (χ1n) is 4.83. The zero-order chi connectivity index (χ0) is 10.7. The third-order valence-corrected chi connectivity index (χ3v) is 2.44. The van der Waals surface area contributed by atoms with Gasteiger partial charge < -0.3 is 9.47 Å². The summed E-state index contributed by atoms with van der Waals surface area (Å²) in [5.41, 5.74) is 1.13. The molecule has 2 rings (SSSR count). The Balaban J connectivity index is 1.91. The van der Waals surface area contributed by atoms with Crippen LogP contribution in [0.3, 0.4) is 0 Å². The Morgan fingerprint density at radius 2 is 2.20 bits per heavy atom. The molecule has 0 bridgehead atoms. The molecule has 0 aromatic heterocycles. The Hall–Kier alpha value is -1.35. The molecule has 1 unspecified atom stereocenters. The van der Waals surface area contributed by atoms with Gasteiger partial charge in [-0.2, -0.15) is 0 Å². The molecule has 0 fully saturated rings. The normalized spacial score (nSPS) is 19.0. The molecule has 0 amide bonds. The quantitative estimate of drug-likeness (QED) is 0.730. The zero-order valence-electron chi connectivity index (χ0n) is 8.47.